The molecule has 0 atom stereocenters. The predicted octanol–water partition coefficient (Wildman–Crippen LogP) is 11.0. The summed E-state index contributed by atoms with van der Waals surface area (Å²) < 4.78 is 9.98. The average Bonchev–Trinajstić information content (AvgIpc) is 3.57. The molecule has 9 aromatic carbocycles. The van der Waals surface area contributed by atoms with E-state index in [-0.39, 0.29) is 6.71 Å². The highest BCUT2D eigenvalue weighted by Crippen LogP contribution is 2.44. The normalized spacial score (nSPS) is 12.6. The van der Waals surface area contributed by atoms with Crippen molar-refractivity contribution in [2.45, 2.75) is 0 Å². The first-order chi connectivity index (χ1) is 24.3. The van der Waals surface area contributed by atoms with Crippen LogP contribution in [0.1, 0.15) is 0 Å². The van der Waals surface area contributed by atoms with Gasteiger partial charge in [0.15, 0.2) is 0 Å². The largest absolute Gasteiger partial charge is 0.457 e. The second-order valence-corrected chi connectivity index (χ2v) is 14.1. The van der Waals surface area contributed by atoms with Crippen LogP contribution in [0.3, 0.4) is 0 Å². The van der Waals surface area contributed by atoms with Gasteiger partial charge in [-0.25, -0.2) is 0 Å². The molecule has 2 heterocycles. The van der Waals surface area contributed by atoms with Crippen LogP contribution in [-0.2, 0) is 0 Å². The van der Waals surface area contributed by atoms with E-state index in [1.807, 2.05) is 11.3 Å². The molecule has 0 spiro atoms. The summed E-state index contributed by atoms with van der Waals surface area (Å²) in [7, 11) is 0. The van der Waals surface area contributed by atoms with Gasteiger partial charge in [0.1, 0.15) is 11.5 Å². The summed E-state index contributed by atoms with van der Waals surface area (Å²) in [5.41, 5.74) is 6.35. The highest BCUT2D eigenvalue weighted by Gasteiger charge is 2.39. The minimum Gasteiger partial charge on any atom is -0.457 e. The van der Waals surface area contributed by atoms with Gasteiger partial charge in [-0.15, -0.1) is 11.3 Å². The Bertz CT molecular complexity index is 2850. The molecular formula is C46H27BOS. The van der Waals surface area contributed by atoms with Crippen LogP contribution >= 0.6 is 11.3 Å². The maximum Gasteiger partial charge on any atom is 0.254 e. The van der Waals surface area contributed by atoms with Gasteiger partial charge in [0.25, 0.3) is 6.71 Å². The minimum absolute atomic E-state index is 0.0558. The maximum atomic E-state index is 7.32. The summed E-state index contributed by atoms with van der Waals surface area (Å²) >= 11 is 1.93. The highest BCUT2D eigenvalue weighted by atomic mass is 32.1. The van der Waals surface area contributed by atoms with E-state index in [4.69, 9.17) is 4.74 Å². The van der Waals surface area contributed by atoms with E-state index >= 15 is 0 Å². The van der Waals surface area contributed by atoms with E-state index in [2.05, 4.69) is 164 Å². The number of hydrogen-bond donors (Lipinski definition) is 0. The van der Waals surface area contributed by atoms with Crippen molar-refractivity contribution < 1.29 is 4.74 Å². The van der Waals surface area contributed by atoms with Crippen LogP contribution in [0.15, 0.2) is 164 Å². The van der Waals surface area contributed by atoms with Crippen molar-refractivity contribution >= 4 is 97.7 Å². The molecule has 49 heavy (non-hydrogen) atoms. The van der Waals surface area contributed by atoms with Gasteiger partial charge >= 0.3 is 0 Å². The summed E-state index contributed by atoms with van der Waals surface area (Å²) in [6.07, 6.45) is 0. The molecule has 10 aromatic rings. The molecule has 0 saturated heterocycles. The van der Waals surface area contributed by atoms with Gasteiger partial charge in [0, 0.05) is 25.6 Å². The van der Waals surface area contributed by atoms with Crippen molar-refractivity contribution in [2.24, 2.45) is 0 Å². The molecule has 0 amide bonds. The Morgan fingerprint density at radius 1 is 0.347 bits per heavy atom. The predicted molar refractivity (Wildman–Crippen MR) is 212 cm³/mol. The molecule has 0 unspecified atom stereocenters. The minimum atomic E-state index is -0.0558. The first-order valence-corrected chi connectivity index (χ1v) is 17.7. The van der Waals surface area contributed by atoms with Gasteiger partial charge in [-0.3, -0.25) is 0 Å². The van der Waals surface area contributed by atoms with Crippen LogP contribution in [0.2, 0.25) is 0 Å². The van der Waals surface area contributed by atoms with Gasteiger partial charge < -0.3 is 4.74 Å². The topological polar surface area (TPSA) is 9.23 Å². The number of hydrogen-bond acceptors (Lipinski definition) is 2. The third-order valence-corrected chi connectivity index (χ3v) is 11.9. The summed E-state index contributed by atoms with van der Waals surface area (Å²) in [6, 6.07) is 59.8. The number of benzene rings is 9. The Morgan fingerprint density at radius 2 is 0.776 bits per heavy atom. The zero-order valence-electron chi connectivity index (χ0n) is 26.5. The van der Waals surface area contributed by atoms with Gasteiger partial charge in [-0.2, -0.15) is 0 Å². The molecule has 1 aromatic heterocycles. The molecule has 226 valence electrons. The first-order valence-electron chi connectivity index (χ1n) is 16.9. The maximum absolute atomic E-state index is 7.32. The first kappa shape index (κ1) is 27.1. The third-order valence-electron chi connectivity index (χ3n) is 10.6. The van der Waals surface area contributed by atoms with E-state index in [0.29, 0.717) is 0 Å². The number of rotatable bonds is 2. The van der Waals surface area contributed by atoms with E-state index < -0.39 is 0 Å². The molecule has 0 saturated carbocycles. The molecule has 1 aliphatic heterocycles. The Hall–Kier alpha value is -5.90. The van der Waals surface area contributed by atoms with Crippen molar-refractivity contribution in [3.8, 4) is 22.6 Å². The fourth-order valence-corrected chi connectivity index (χ4v) is 9.92. The monoisotopic (exact) mass is 638 g/mol. The Labute approximate surface area is 287 Å². The summed E-state index contributed by atoms with van der Waals surface area (Å²) in [6.45, 7) is -0.0558. The van der Waals surface area contributed by atoms with Crippen LogP contribution in [0.4, 0.5) is 0 Å². The molecule has 0 bridgehead atoms. The molecule has 0 N–H and O–H groups in total. The molecule has 3 heteroatoms. The van der Waals surface area contributed by atoms with Gasteiger partial charge in [-0.05, 0) is 59.8 Å². The average molecular weight is 639 g/mol. The summed E-state index contributed by atoms with van der Waals surface area (Å²) in [5, 5.41) is 12.4. The Morgan fingerprint density at radius 3 is 1.35 bits per heavy atom. The van der Waals surface area contributed by atoms with Crippen molar-refractivity contribution in [3.63, 3.8) is 0 Å². The fraction of sp³-hybridized carbons (Fsp3) is 0. The van der Waals surface area contributed by atoms with Gasteiger partial charge in [-0.1, -0.05) is 169 Å². The zero-order valence-corrected chi connectivity index (χ0v) is 27.3. The second kappa shape index (κ2) is 10.3. The van der Waals surface area contributed by atoms with Gasteiger partial charge in [0.05, 0.1) is 0 Å². The van der Waals surface area contributed by atoms with Gasteiger partial charge in [0.2, 0.25) is 0 Å². The molecule has 1 aliphatic rings. The molecule has 0 fully saturated rings. The number of ether oxygens (including phenoxy) is 1. The third kappa shape index (κ3) is 3.77. The van der Waals surface area contributed by atoms with Crippen molar-refractivity contribution in [1.29, 1.82) is 0 Å². The van der Waals surface area contributed by atoms with Crippen LogP contribution in [0, 0.1) is 0 Å². The smallest absolute Gasteiger partial charge is 0.254 e. The summed E-state index contributed by atoms with van der Waals surface area (Å²) in [4.78, 5) is 0. The molecule has 0 aliphatic carbocycles. The van der Waals surface area contributed by atoms with E-state index in [9.17, 15) is 0 Å². The fourth-order valence-electron chi connectivity index (χ4n) is 8.54. The number of thiophene rings is 1. The van der Waals surface area contributed by atoms with E-state index in [1.165, 1.54) is 80.0 Å². The van der Waals surface area contributed by atoms with Crippen molar-refractivity contribution in [1.82, 2.24) is 0 Å². The lowest BCUT2D eigenvalue weighted by atomic mass is 9.34. The Kier molecular flexibility index (Phi) is 5.70. The molecule has 11 rings (SSSR count). The lowest BCUT2D eigenvalue weighted by Gasteiger charge is -2.32. The Balaban J connectivity index is 1.34. The van der Waals surface area contributed by atoms with Crippen LogP contribution < -0.4 is 21.1 Å². The van der Waals surface area contributed by atoms with Crippen LogP contribution in [0.25, 0.3) is 74.4 Å². The van der Waals surface area contributed by atoms with Crippen molar-refractivity contribution in [3.05, 3.63) is 164 Å². The molecular weight excluding hydrogens is 611 g/mol. The standard InChI is InChI=1S/C46H27BOS/c1-2-14-28(15-3-1)29-24-12-25-38-39-26-13-27-40(46(39)49-45(29)38)47-41-34-20-8-4-16-30(34)32-18-6-10-22-36(32)43(41)48-44-37-23-11-7-19-33(37)31-17-5-9-21-35(31)42(44)47/h1-27H. The lowest BCUT2D eigenvalue weighted by molar-refractivity contribution is 0.500. The highest BCUT2D eigenvalue weighted by molar-refractivity contribution is 7.28. The number of fused-ring (bicyclic) bond motifs is 15. The summed E-state index contributed by atoms with van der Waals surface area (Å²) in [5.74, 6) is 1.94. The lowest BCUT2D eigenvalue weighted by Crippen LogP contribution is -2.55. The quantitative estimate of drug-likeness (QED) is 0.135. The molecule has 1 nitrogen and oxygen atoms in total. The molecule has 0 radical (unpaired) electrons. The van der Waals surface area contributed by atoms with E-state index in [1.54, 1.807) is 0 Å². The zero-order chi connectivity index (χ0) is 32.1. The SMILES string of the molecule is c1ccc(-c2cccc3c2sc2c(B4c5c(c6ccccc6c6ccccc56)Oc5c4c4ccccc4c4ccccc54)cccc23)cc1. The van der Waals surface area contributed by atoms with Crippen LogP contribution in [-0.4, -0.2) is 6.71 Å². The van der Waals surface area contributed by atoms with Crippen molar-refractivity contribution in [2.75, 3.05) is 0 Å². The second-order valence-electron chi connectivity index (χ2n) is 13.1. The van der Waals surface area contributed by atoms with E-state index in [0.717, 1.165) is 22.3 Å². The van der Waals surface area contributed by atoms with Crippen LogP contribution in [0.5, 0.6) is 11.5 Å².